The van der Waals surface area contributed by atoms with Crippen molar-refractivity contribution in [1.29, 1.82) is 0 Å². The lowest BCUT2D eigenvalue weighted by atomic mass is 10.2. The van der Waals surface area contributed by atoms with Gasteiger partial charge in [-0.15, -0.1) is 11.3 Å². The molecule has 0 radical (unpaired) electrons. The lowest BCUT2D eigenvalue weighted by molar-refractivity contribution is 0.0959. The van der Waals surface area contributed by atoms with Crippen molar-refractivity contribution < 1.29 is 17.6 Å². The molecule has 1 aliphatic rings. The zero-order chi connectivity index (χ0) is 20.6. The summed E-state index contributed by atoms with van der Waals surface area (Å²) < 4.78 is 32.4. The molecule has 3 heterocycles. The first-order valence-electron chi connectivity index (χ1n) is 9.26. The largest absolute Gasteiger partial charge is 0.459 e. The summed E-state index contributed by atoms with van der Waals surface area (Å²) in [4.78, 5) is 17.4. The highest BCUT2D eigenvalue weighted by molar-refractivity contribution is 7.92. The number of aromatic nitrogens is 1. The molecule has 1 N–H and O–H groups in total. The third kappa shape index (κ3) is 3.92. The number of hydrogen-bond acceptors (Lipinski definition) is 6. The van der Waals surface area contributed by atoms with Crippen molar-refractivity contribution in [1.82, 2.24) is 10.3 Å². The maximum Gasteiger partial charge on any atom is 0.263 e. The van der Waals surface area contributed by atoms with Gasteiger partial charge in [0.05, 0.1) is 17.1 Å². The van der Waals surface area contributed by atoms with Gasteiger partial charge < -0.3 is 9.73 Å². The summed E-state index contributed by atoms with van der Waals surface area (Å²) in [7, 11) is -3.51. The topological polar surface area (TPSA) is 92.5 Å². The Kier molecular flexibility index (Phi) is 5.18. The molecule has 1 aromatic carbocycles. The Morgan fingerprint density at radius 3 is 2.79 bits per heavy atom. The smallest absolute Gasteiger partial charge is 0.263 e. The molecule has 0 bridgehead atoms. The second kappa shape index (κ2) is 7.64. The SMILES string of the molecule is Cc1ccc(-c2nc(C)c(C(=O)NCCS(=O)(=O)N3CCc4ccccc43)s2)o1. The zero-order valence-corrected chi connectivity index (χ0v) is 17.8. The van der Waals surface area contributed by atoms with Crippen molar-refractivity contribution in [3.8, 4) is 10.8 Å². The first-order valence-corrected chi connectivity index (χ1v) is 11.7. The number of nitrogens with one attached hydrogen (secondary N) is 1. The Morgan fingerprint density at radius 2 is 2.03 bits per heavy atom. The highest BCUT2D eigenvalue weighted by Crippen LogP contribution is 2.30. The minimum absolute atomic E-state index is 0.0341. The number of hydrogen-bond donors (Lipinski definition) is 1. The number of carbonyl (C=O) groups is 1. The van der Waals surface area contributed by atoms with Crippen LogP contribution < -0.4 is 9.62 Å². The fraction of sp³-hybridized carbons (Fsp3) is 0.300. The number of para-hydroxylation sites is 1. The number of aryl methyl sites for hydroxylation is 2. The molecule has 1 amide bonds. The van der Waals surface area contributed by atoms with E-state index in [4.69, 9.17) is 4.42 Å². The Morgan fingerprint density at radius 1 is 1.24 bits per heavy atom. The maximum absolute atomic E-state index is 12.7. The number of rotatable bonds is 6. The molecule has 1 aliphatic heterocycles. The van der Waals surface area contributed by atoms with Crippen LogP contribution in [-0.2, 0) is 16.4 Å². The van der Waals surface area contributed by atoms with Gasteiger partial charge in [0.1, 0.15) is 10.6 Å². The zero-order valence-electron chi connectivity index (χ0n) is 16.1. The summed E-state index contributed by atoms with van der Waals surface area (Å²) in [5.74, 6) is 0.902. The van der Waals surface area contributed by atoms with Crippen LogP contribution in [0.1, 0.15) is 26.7 Å². The number of nitrogens with zero attached hydrogens (tertiary/aromatic N) is 2. The van der Waals surface area contributed by atoms with Crippen molar-refractivity contribution in [3.63, 3.8) is 0 Å². The van der Waals surface area contributed by atoms with E-state index in [-0.39, 0.29) is 18.2 Å². The van der Waals surface area contributed by atoms with Crippen LogP contribution in [0.4, 0.5) is 5.69 Å². The molecule has 0 spiro atoms. The van der Waals surface area contributed by atoms with Gasteiger partial charge in [-0.25, -0.2) is 13.4 Å². The van der Waals surface area contributed by atoms with Crippen molar-refractivity contribution in [3.05, 3.63) is 58.3 Å². The normalized spacial score (nSPS) is 13.5. The van der Waals surface area contributed by atoms with Gasteiger partial charge in [-0.1, -0.05) is 18.2 Å². The standard InChI is InChI=1S/C20H21N3O4S2/c1-13-7-8-17(27-13)20-22-14(2)18(28-20)19(24)21-10-12-29(25,26)23-11-9-15-5-3-4-6-16(15)23/h3-8H,9-12H2,1-2H3,(H,21,24). The number of carbonyl (C=O) groups excluding carboxylic acids is 1. The van der Waals surface area contributed by atoms with Gasteiger partial charge in [0, 0.05) is 13.1 Å². The molecule has 3 aromatic rings. The molecular weight excluding hydrogens is 410 g/mol. The van der Waals surface area contributed by atoms with Crippen LogP contribution >= 0.6 is 11.3 Å². The van der Waals surface area contributed by atoms with Gasteiger partial charge in [-0.2, -0.15) is 0 Å². The van der Waals surface area contributed by atoms with E-state index in [1.165, 1.54) is 15.6 Å². The molecular formula is C20H21N3O4S2. The first kappa shape index (κ1) is 19.7. The number of furan rings is 1. The minimum atomic E-state index is -3.51. The third-order valence-electron chi connectivity index (χ3n) is 4.78. The molecule has 152 valence electrons. The quantitative estimate of drug-likeness (QED) is 0.647. The predicted octanol–water partition coefficient (Wildman–Crippen LogP) is 3.14. The van der Waals surface area contributed by atoms with E-state index in [0.29, 0.717) is 34.3 Å². The van der Waals surface area contributed by atoms with E-state index in [1.807, 2.05) is 43.3 Å². The molecule has 0 fully saturated rings. The van der Waals surface area contributed by atoms with Gasteiger partial charge in [-0.05, 0) is 44.0 Å². The Hall–Kier alpha value is -2.65. The summed E-state index contributed by atoms with van der Waals surface area (Å²) in [6.07, 6.45) is 0.705. The van der Waals surface area contributed by atoms with E-state index >= 15 is 0 Å². The molecule has 0 atom stereocenters. The van der Waals surface area contributed by atoms with E-state index in [0.717, 1.165) is 17.0 Å². The van der Waals surface area contributed by atoms with Gasteiger partial charge in [0.15, 0.2) is 10.8 Å². The summed E-state index contributed by atoms with van der Waals surface area (Å²) in [5, 5.41) is 3.34. The minimum Gasteiger partial charge on any atom is -0.459 e. The van der Waals surface area contributed by atoms with Gasteiger partial charge >= 0.3 is 0 Å². The molecule has 0 unspecified atom stereocenters. The Balaban J connectivity index is 1.40. The fourth-order valence-electron chi connectivity index (χ4n) is 3.34. The van der Waals surface area contributed by atoms with Crippen molar-refractivity contribution in [2.24, 2.45) is 0 Å². The number of thiazole rings is 1. The average molecular weight is 432 g/mol. The van der Waals surface area contributed by atoms with Crippen molar-refractivity contribution in [2.75, 3.05) is 23.1 Å². The predicted molar refractivity (Wildman–Crippen MR) is 113 cm³/mol. The number of anilines is 1. The monoisotopic (exact) mass is 431 g/mol. The highest BCUT2D eigenvalue weighted by Gasteiger charge is 2.29. The van der Waals surface area contributed by atoms with Crippen LogP contribution in [0.3, 0.4) is 0 Å². The summed E-state index contributed by atoms with van der Waals surface area (Å²) >= 11 is 1.23. The molecule has 9 heteroatoms. The lowest BCUT2D eigenvalue weighted by Gasteiger charge is -2.19. The summed E-state index contributed by atoms with van der Waals surface area (Å²) in [5.41, 5.74) is 2.35. The van der Waals surface area contributed by atoms with Crippen LogP contribution in [0.5, 0.6) is 0 Å². The van der Waals surface area contributed by atoms with Gasteiger partial charge in [-0.3, -0.25) is 9.10 Å². The molecule has 2 aromatic heterocycles. The Bertz CT molecular complexity index is 1160. The van der Waals surface area contributed by atoms with Crippen LogP contribution in [0.15, 0.2) is 40.8 Å². The van der Waals surface area contributed by atoms with Crippen molar-refractivity contribution >= 4 is 33.0 Å². The average Bonchev–Trinajstić information content (AvgIpc) is 3.39. The highest BCUT2D eigenvalue weighted by atomic mass is 32.2. The van der Waals surface area contributed by atoms with Crippen LogP contribution in [0.2, 0.25) is 0 Å². The van der Waals surface area contributed by atoms with E-state index < -0.39 is 10.0 Å². The molecule has 7 nitrogen and oxygen atoms in total. The lowest BCUT2D eigenvalue weighted by Crippen LogP contribution is -2.36. The van der Waals surface area contributed by atoms with Crippen LogP contribution in [0.25, 0.3) is 10.8 Å². The molecule has 29 heavy (non-hydrogen) atoms. The number of amides is 1. The second-order valence-electron chi connectivity index (χ2n) is 6.87. The summed E-state index contributed by atoms with van der Waals surface area (Å²) in [6.45, 7) is 4.07. The Labute approximate surface area is 173 Å². The number of benzene rings is 1. The van der Waals surface area contributed by atoms with E-state index in [2.05, 4.69) is 10.3 Å². The van der Waals surface area contributed by atoms with Gasteiger partial charge in [0.25, 0.3) is 5.91 Å². The maximum atomic E-state index is 12.7. The van der Waals surface area contributed by atoms with Gasteiger partial charge in [0.2, 0.25) is 10.0 Å². The number of fused-ring (bicyclic) bond motifs is 1. The van der Waals surface area contributed by atoms with Crippen molar-refractivity contribution in [2.45, 2.75) is 20.3 Å². The van der Waals surface area contributed by atoms with E-state index in [9.17, 15) is 13.2 Å². The van der Waals surface area contributed by atoms with E-state index in [1.54, 1.807) is 6.92 Å². The molecule has 0 aliphatic carbocycles. The van der Waals surface area contributed by atoms with Crippen LogP contribution in [0, 0.1) is 13.8 Å². The number of sulfonamides is 1. The van der Waals surface area contributed by atoms with Crippen LogP contribution in [-0.4, -0.2) is 38.2 Å². The fourth-order valence-corrected chi connectivity index (χ4v) is 5.71. The molecule has 0 saturated heterocycles. The first-order chi connectivity index (χ1) is 13.8. The second-order valence-corrected chi connectivity index (χ2v) is 9.88. The molecule has 4 rings (SSSR count). The molecule has 0 saturated carbocycles. The third-order valence-corrected chi connectivity index (χ3v) is 7.72. The summed E-state index contributed by atoms with van der Waals surface area (Å²) in [6, 6.07) is 11.2.